The summed E-state index contributed by atoms with van der Waals surface area (Å²) in [5, 5.41) is 10.1. The molecule has 1 N–H and O–H groups in total. The number of azo groups is 1. The van der Waals surface area contributed by atoms with Gasteiger partial charge < -0.3 is 5.32 Å². The average molecular weight is 272 g/mol. The summed E-state index contributed by atoms with van der Waals surface area (Å²) >= 11 is 0. The van der Waals surface area contributed by atoms with Crippen LogP contribution in [0.3, 0.4) is 0 Å². The molecule has 0 bridgehead atoms. The van der Waals surface area contributed by atoms with Crippen molar-refractivity contribution in [3.8, 4) is 0 Å². The lowest BCUT2D eigenvalue weighted by Crippen LogP contribution is -2.37. The number of benzene rings is 1. The fraction of sp³-hybridized carbons (Fsp3) is 0.154. The van der Waals surface area contributed by atoms with E-state index < -0.39 is 17.7 Å². The highest BCUT2D eigenvalue weighted by Crippen LogP contribution is 2.16. The van der Waals surface area contributed by atoms with Crippen molar-refractivity contribution in [3.63, 3.8) is 0 Å². The van der Waals surface area contributed by atoms with Gasteiger partial charge in [-0.05, 0) is 24.3 Å². The first-order chi connectivity index (χ1) is 9.60. The predicted molar refractivity (Wildman–Crippen MR) is 71.4 cm³/mol. The quantitative estimate of drug-likeness (QED) is 0.660. The summed E-state index contributed by atoms with van der Waals surface area (Å²) in [6, 6.07) is 6.70. The van der Waals surface area contributed by atoms with E-state index in [2.05, 4.69) is 15.5 Å². The van der Waals surface area contributed by atoms with Crippen molar-refractivity contribution in [2.24, 2.45) is 10.2 Å². The van der Waals surface area contributed by atoms with Crippen molar-refractivity contribution >= 4 is 29.1 Å². The van der Waals surface area contributed by atoms with E-state index in [0.717, 1.165) is 17.1 Å². The van der Waals surface area contributed by atoms with Crippen LogP contribution in [0, 0.1) is 0 Å². The summed E-state index contributed by atoms with van der Waals surface area (Å²) in [6.07, 6.45) is 2.28. The molecule has 0 aliphatic carbocycles. The molecule has 1 aliphatic rings. The lowest BCUT2D eigenvalue weighted by atomic mass is 10.3. The maximum Gasteiger partial charge on any atom is 0.254 e. The van der Waals surface area contributed by atoms with Gasteiger partial charge in [0.15, 0.2) is 0 Å². The van der Waals surface area contributed by atoms with Gasteiger partial charge in [0.2, 0.25) is 5.91 Å². The molecule has 102 valence electrons. The molecule has 1 aromatic rings. The van der Waals surface area contributed by atoms with Crippen LogP contribution in [-0.4, -0.2) is 36.2 Å². The Hall–Kier alpha value is -2.83. The standard InChI is InChI=1S/C13H12N4O3/c1-14-16-10-4-2-9(3-5-10)15-11(18)8-17-12(19)6-7-13(17)20/h2-7H,8H2,1H3,(H,15,18). The van der Waals surface area contributed by atoms with Gasteiger partial charge in [0, 0.05) is 24.9 Å². The summed E-state index contributed by atoms with van der Waals surface area (Å²) in [4.78, 5) is 35.2. The smallest absolute Gasteiger partial charge is 0.254 e. The highest BCUT2D eigenvalue weighted by Gasteiger charge is 2.25. The molecule has 3 amide bonds. The SMILES string of the molecule is CN=Nc1ccc(NC(=O)CN2C(=O)C=CC2=O)cc1. The maximum atomic E-state index is 11.7. The van der Waals surface area contributed by atoms with Gasteiger partial charge in [-0.1, -0.05) is 0 Å². The molecule has 2 rings (SSSR count). The zero-order valence-electron chi connectivity index (χ0n) is 10.7. The molecule has 0 spiro atoms. The molecule has 1 heterocycles. The van der Waals surface area contributed by atoms with Gasteiger partial charge in [-0.25, -0.2) is 0 Å². The van der Waals surface area contributed by atoms with Crippen LogP contribution in [-0.2, 0) is 14.4 Å². The monoisotopic (exact) mass is 272 g/mol. The van der Waals surface area contributed by atoms with Gasteiger partial charge in [0.1, 0.15) is 6.54 Å². The molecule has 0 fully saturated rings. The zero-order chi connectivity index (χ0) is 14.5. The number of anilines is 1. The molecular formula is C13H12N4O3. The van der Waals surface area contributed by atoms with E-state index in [9.17, 15) is 14.4 Å². The molecule has 1 aromatic carbocycles. The minimum Gasteiger partial charge on any atom is -0.325 e. The molecule has 0 saturated heterocycles. The first kappa shape index (κ1) is 13.6. The molecule has 0 aromatic heterocycles. The van der Waals surface area contributed by atoms with Gasteiger partial charge >= 0.3 is 0 Å². The number of hydrogen-bond donors (Lipinski definition) is 1. The summed E-state index contributed by atoms with van der Waals surface area (Å²) in [5.41, 5.74) is 1.22. The van der Waals surface area contributed by atoms with E-state index >= 15 is 0 Å². The van der Waals surface area contributed by atoms with Crippen LogP contribution < -0.4 is 5.32 Å². The number of amides is 3. The summed E-state index contributed by atoms with van der Waals surface area (Å²) in [7, 11) is 1.56. The number of imide groups is 1. The molecule has 0 radical (unpaired) electrons. The fourth-order valence-electron chi connectivity index (χ4n) is 1.66. The number of rotatable bonds is 4. The molecule has 7 nitrogen and oxygen atoms in total. The Morgan fingerprint density at radius 3 is 2.30 bits per heavy atom. The highest BCUT2D eigenvalue weighted by molar-refractivity contribution is 6.15. The second-order valence-corrected chi connectivity index (χ2v) is 3.99. The minimum absolute atomic E-state index is 0.304. The first-order valence-corrected chi connectivity index (χ1v) is 5.83. The van der Waals surface area contributed by atoms with Crippen LogP contribution in [0.25, 0.3) is 0 Å². The topological polar surface area (TPSA) is 91.2 Å². The second kappa shape index (κ2) is 5.87. The summed E-state index contributed by atoms with van der Waals surface area (Å²) in [6.45, 7) is -0.304. The van der Waals surface area contributed by atoms with Gasteiger partial charge in [0.05, 0.1) is 5.69 Å². The van der Waals surface area contributed by atoms with Crippen LogP contribution >= 0.6 is 0 Å². The van der Waals surface area contributed by atoms with Crippen molar-refractivity contribution in [1.29, 1.82) is 0 Å². The minimum atomic E-state index is -0.483. The Morgan fingerprint density at radius 2 is 1.75 bits per heavy atom. The third-order valence-corrected chi connectivity index (χ3v) is 2.57. The zero-order valence-corrected chi connectivity index (χ0v) is 10.7. The van der Waals surface area contributed by atoms with Crippen LogP contribution in [0.2, 0.25) is 0 Å². The Kier molecular flexibility index (Phi) is 3.99. The van der Waals surface area contributed by atoms with Gasteiger partial charge in [-0.2, -0.15) is 10.2 Å². The van der Waals surface area contributed by atoms with Crippen molar-refractivity contribution in [3.05, 3.63) is 36.4 Å². The number of hydrogen-bond acceptors (Lipinski definition) is 5. The van der Waals surface area contributed by atoms with Crippen LogP contribution in [0.15, 0.2) is 46.6 Å². The van der Waals surface area contributed by atoms with Crippen molar-refractivity contribution in [2.75, 3.05) is 18.9 Å². The highest BCUT2D eigenvalue weighted by atomic mass is 16.2. The number of nitrogens with one attached hydrogen (secondary N) is 1. The van der Waals surface area contributed by atoms with Crippen molar-refractivity contribution in [1.82, 2.24) is 4.90 Å². The number of nitrogens with zero attached hydrogens (tertiary/aromatic N) is 3. The van der Waals surface area contributed by atoms with Gasteiger partial charge in [0.25, 0.3) is 11.8 Å². The molecular weight excluding hydrogens is 260 g/mol. The summed E-state index contributed by atoms with van der Waals surface area (Å²) < 4.78 is 0. The van der Waals surface area contributed by atoms with Crippen LogP contribution in [0.4, 0.5) is 11.4 Å². The lowest BCUT2D eigenvalue weighted by molar-refractivity contribution is -0.139. The molecule has 0 atom stereocenters. The Labute approximate surface area is 115 Å². The lowest BCUT2D eigenvalue weighted by Gasteiger charge is -2.13. The van der Waals surface area contributed by atoms with Crippen LogP contribution in [0.1, 0.15) is 0 Å². The molecule has 20 heavy (non-hydrogen) atoms. The molecule has 0 saturated carbocycles. The second-order valence-electron chi connectivity index (χ2n) is 3.99. The van der Waals surface area contributed by atoms with E-state index in [1.54, 1.807) is 31.3 Å². The van der Waals surface area contributed by atoms with E-state index in [4.69, 9.17) is 0 Å². The number of carbonyl (C=O) groups is 3. The average Bonchev–Trinajstić information content (AvgIpc) is 2.73. The Morgan fingerprint density at radius 1 is 1.15 bits per heavy atom. The van der Waals surface area contributed by atoms with E-state index in [1.807, 2.05) is 0 Å². The first-order valence-electron chi connectivity index (χ1n) is 5.83. The predicted octanol–water partition coefficient (Wildman–Crippen LogP) is 1.26. The fourth-order valence-corrected chi connectivity index (χ4v) is 1.66. The van der Waals surface area contributed by atoms with E-state index in [-0.39, 0.29) is 6.54 Å². The number of carbonyl (C=O) groups excluding carboxylic acids is 3. The van der Waals surface area contributed by atoms with Gasteiger partial charge in [-0.15, -0.1) is 0 Å². The third-order valence-electron chi connectivity index (χ3n) is 2.57. The Balaban J connectivity index is 1.94. The maximum absolute atomic E-state index is 11.7. The largest absolute Gasteiger partial charge is 0.325 e. The van der Waals surface area contributed by atoms with Crippen LogP contribution in [0.5, 0.6) is 0 Å². The summed E-state index contributed by atoms with van der Waals surface area (Å²) in [5.74, 6) is -1.41. The molecule has 0 unspecified atom stereocenters. The van der Waals surface area contributed by atoms with E-state index in [1.165, 1.54) is 0 Å². The van der Waals surface area contributed by atoms with Crippen molar-refractivity contribution < 1.29 is 14.4 Å². The van der Waals surface area contributed by atoms with Crippen molar-refractivity contribution in [2.45, 2.75) is 0 Å². The Bertz CT molecular complexity index is 587. The molecule has 7 heteroatoms. The van der Waals surface area contributed by atoms with Gasteiger partial charge in [-0.3, -0.25) is 19.3 Å². The third kappa shape index (κ3) is 3.14. The van der Waals surface area contributed by atoms with E-state index in [0.29, 0.717) is 11.4 Å². The molecule has 1 aliphatic heterocycles. The normalized spacial score (nSPS) is 14.3.